The first kappa shape index (κ1) is 33.0. The van der Waals surface area contributed by atoms with Crippen molar-refractivity contribution in [2.24, 2.45) is 11.7 Å². The molecule has 0 aromatic heterocycles. The number of amidine groups is 2. The maximum absolute atomic E-state index is 13.7. The lowest BCUT2D eigenvalue weighted by Crippen LogP contribution is -2.52. The van der Waals surface area contributed by atoms with Crippen LogP contribution in [0.3, 0.4) is 0 Å². The molecule has 1 saturated carbocycles. The lowest BCUT2D eigenvalue weighted by Gasteiger charge is -2.40. The maximum Gasteiger partial charge on any atom is 0.303 e. The fraction of sp³-hybridized carbons (Fsp3) is 0.688. The number of piperidine rings is 1. The topological polar surface area (TPSA) is 132 Å². The molecule has 1 aliphatic carbocycles. The molecular formula is C32H48F2N5O4+. The molecule has 2 unspecified atom stereocenters. The van der Waals surface area contributed by atoms with Crippen LogP contribution < -0.4 is 11.1 Å². The van der Waals surface area contributed by atoms with Crippen LogP contribution in [0, 0.1) is 11.3 Å². The van der Waals surface area contributed by atoms with Crippen LogP contribution in [0.5, 0.6) is 0 Å². The van der Waals surface area contributed by atoms with Gasteiger partial charge in [0.15, 0.2) is 5.84 Å². The number of alkyl halides is 2. The Morgan fingerprint density at radius 2 is 1.77 bits per heavy atom. The van der Waals surface area contributed by atoms with Gasteiger partial charge in [-0.1, -0.05) is 30.3 Å². The number of ether oxygens (including phenoxy) is 1. The molecular weight excluding hydrogens is 556 g/mol. The van der Waals surface area contributed by atoms with E-state index in [-0.39, 0.29) is 56.0 Å². The molecule has 11 heteroatoms. The second kappa shape index (κ2) is 15.2. The number of amides is 1. The Hall–Kier alpha value is -2.92. The van der Waals surface area contributed by atoms with Crippen LogP contribution in [0.1, 0.15) is 95.1 Å². The number of fused-ring (bicyclic) bond motifs is 2. The molecule has 43 heavy (non-hydrogen) atoms. The number of rotatable bonds is 14. The van der Waals surface area contributed by atoms with Crippen molar-refractivity contribution >= 4 is 23.5 Å². The molecule has 1 aromatic carbocycles. The Balaban J connectivity index is 1.42. The van der Waals surface area contributed by atoms with Gasteiger partial charge in [0.05, 0.1) is 25.1 Å². The quantitative estimate of drug-likeness (QED) is 0.138. The number of benzene rings is 1. The van der Waals surface area contributed by atoms with Crippen LogP contribution in [-0.4, -0.2) is 82.4 Å². The summed E-state index contributed by atoms with van der Waals surface area (Å²) in [5.74, 6) is -3.09. The van der Waals surface area contributed by atoms with Gasteiger partial charge in [-0.15, -0.1) is 0 Å². The molecule has 3 aliphatic rings. The van der Waals surface area contributed by atoms with Gasteiger partial charge in [0.2, 0.25) is 17.7 Å². The molecule has 3 fully saturated rings. The molecule has 238 valence electrons. The number of aliphatic carboxylic acids is 1. The normalized spacial score (nSPS) is 25.1. The van der Waals surface area contributed by atoms with Crippen LogP contribution in [0.25, 0.3) is 0 Å². The van der Waals surface area contributed by atoms with E-state index < -0.39 is 11.9 Å². The van der Waals surface area contributed by atoms with E-state index >= 15 is 0 Å². The summed E-state index contributed by atoms with van der Waals surface area (Å²) in [6, 6.07) is 10.4. The van der Waals surface area contributed by atoms with Crippen LogP contribution in [0.4, 0.5) is 8.78 Å². The lowest BCUT2D eigenvalue weighted by atomic mass is 9.86. The number of carbonyl (C=O) groups is 2. The first-order valence-corrected chi connectivity index (χ1v) is 15.8. The summed E-state index contributed by atoms with van der Waals surface area (Å²) in [5.41, 5.74) is 7.53. The largest absolute Gasteiger partial charge is 0.481 e. The van der Waals surface area contributed by atoms with E-state index in [0.29, 0.717) is 56.0 Å². The van der Waals surface area contributed by atoms with E-state index in [0.717, 1.165) is 37.8 Å². The van der Waals surface area contributed by atoms with Gasteiger partial charge in [-0.3, -0.25) is 14.5 Å². The minimum Gasteiger partial charge on any atom is -0.481 e. The number of methoxy groups -OCH3 is 1. The SMILES string of the molecule is COCCC(=N)[N+](=C(N)CCCC(=O)O)C1CC2CCC(C1)N2CC[C@H](NC(=O)C1CCC(F)(F)CC1)c1ccccc1. The highest BCUT2D eigenvalue weighted by molar-refractivity contribution is 5.84. The number of hydrogen-bond acceptors (Lipinski definition) is 5. The fourth-order valence-corrected chi connectivity index (χ4v) is 7.19. The number of nitrogens with one attached hydrogen (secondary N) is 2. The van der Waals surface area contributed by atoms with Crippen molar-refractivity contribution in [2.75, 3.05) is 20.3 Å². The highest BCUT2D eigenvalue weighted by Crippen LogP contribution is 2.39. The Morgan fingerprint density at radius 3 is 2.37 bits per heavy atom. The molecule has 0 spiro atoms. The lowest BCUT2D eigenvalue weighted by molar-refractivity contribution is -0.469. The van der Waals surface area contributed by atoms with E-state index in [1.165, 1.54) is 0 Å². The summed E-state index contributed by atoms with van der Waals surface area (Å²) in [4.78, 5) is 26.7. The smallest absolute Gasteiger partial charge is 0.303 e. The molecule has 2 bridgehead atoms. The Labute approximate surface area is 253 Å². The zero-order valence-electron chi connectivity index (χ0n) is 25.3. The van der Waals surface area contributed by atoms with Gasteiger partial charge in [-0.05, 0) is 56.9 Å². The number of nitrogens with zero attached hydrogens (tertiary/aromatic N) is 2. The van der Waals surface area contributed by atoms with Crippen molar-refractivity contribution in [1.29, 1.82) is 5.41 Å². The number of hydrogen-bond donors (Lipinski definition) is 4. The number of carboxylic acids is 1. The zero-order chi connectivity index (χ0) is 31.0. The van der Waals surface area contributed by atoms with E-state index in [4.69, 9.17) is 21.0 Å². The molecule has 3 atom stereocenters. The van der Waals surface area contributed by atoms with Crippen molar-refractivity contribution < 1.29 is 32.8 Å². The second-order valence-electron chi connectivity index (χ2n) is 12.4. The van der Waals surface area contributed by atoms with Crippen LogP contribution in [-0.2, 0) is 14.3 Å². The van der Waals surface area contributed by atoms with Crippen molar-refractivity contribution in [1.82, 2.24) is 10.2 Å². The minimum atomic E-state index is -2.67. The number of halogens is 2. The zero-order valence-corrected chi connectivity index (χ0v) is 25.3. The highest BCUT2D eigenvalue weighted by Gasteiger charge is 2.44. The van der Waals surface area contributed by atoms with E-state index in [9.17, 15) is 18.4 Å². The highest BCUT2D eigenvalue weighted by atomic mass is 19.3. The van der Waals surface area contributed by atoms with E-state index in [1.807, 2.05) is 34.9 Å². The first-order chi connectivity index (χ1) is 20.6. The van der Waals surface area contributed by atoms with Gasteiger partial charge in [0.25, 0.3) is 0 Å². The predicted molar refractivity (Wildman–Crippen MR) is 161 cm³/mol. The van der Waals surface area contributed by atoms with Crippen molar-refractivity contribution in [3.8, 4) is 0 Å². The van der Waals surface area contributed by atoms with Gasteiger partial charge in [-0.25, -0.2) is 13.4 Å². The van der Waals surface area contributed by atoms with Crippen LogP contribution in [0.15, 0.2) is 30.3 Å². The minimum absolute atomic E-state index is 0.0377. The molecule has 2 heterocycles. The van der Waals surface area contributed by atoms with Crippen molar-refractivity contribution in [3.05, 3.63) is 35.9 Å². The van der Waals surface area contributed by atoms with Gasteiger partial charge >= 0.3 is 5.97 Å². The van der Waals surface area contributed by atoms with Crippen molar-refractivity contribution in [2.45, 2.75) is 114 Å². The third-order valence-corrected chi connectivity index (χ3v) is 9.47. The average molecular weight is 605 g/mol. The van der Waals surface area contributed by atoms with E-state index in [2.05, 4.69) is 10.2 Å². The Morgan fingerprint density at radius 1 is 1.12 bits per heavy atom. The third kappa shape index (κ3) is 9.04. The van der Waals surface area contributed by atoms with Gasteiger partial charge in [0.1, 0.15) is 0 Å². The molecule has 4 rings (SSSR count). The predicted octanol–water partition coefficient (Wildman–Crippen LogP) is 4.69. The van der Waals surface area contributed by atoms with Crippen LogP contribution in [0.2, 0.25) is 0 Å². The summed E-state index contributed by atoms with van der Waals surface area (Å²) in [6.07, 6.45) is 5.80. The second-order valence-corrected chi connectivity index (χ2v) is 12.4. The molecule has 2 saturated heterocycles. The van der Waals surface area contributed by atoms with E-state index in [1.54, 1.807) is 7.11 Å². The van der Waals surface area contributed by atoms with Gasteiger partial charge in [0, 0.05) is 57.3 Å². The summed E-state index contributed by atoms with van der Waals surface area (Å²) in [7, 11) is 1.61. The fourth-order valence-electron chi connectivity index (χ4n) is 7.19. The van der Waals surface area contributed by atoms with Crippen LogP contribution >= 0.6 is 0 Å². The summed E-state index contributed by atoms with van der Waals surface area (Å²) in [6.45, 7) is 1.21. The summed E-state index contributed by atoms with van der Waals surface area (Å²) < 4.78 is 34.5. The third-order valence-electron chi connectivity index (χ3n) is 9.47. The maximum atomic E-state index is 13.7. The molecule has 2 aliphatic heterocycles. The molecule has 9 nitrogen and oxygen atoms in total. The number of carboxylic acid groups (broad SMARTS) is 1. The molecule has 5 N–H and O–H groups in total. The standard InChI is InChI=1S/C32H47F2N5O4/c1-43-19-15-29(36)39(28(35)8-5-9-30(40)41)26-20-24-10-11-25(21-26)38(24)18-14-27(22-6-3-2-4-7-22)37-31(42)23-12-16-32(33,34)17-13-23/h2-4,6-7,23-27,35-36H,5,8-21H2,1H3,(H2,37,40,41,42)/p+1/t24?,25?,26?,27-/m0/s1. The van der Waals surface area contributed by atoms with Crippen molar-refractivity contribution in [3.63, 3.8) is 0 Å². The first-order valence-electron chi connectivity index (χ1n) is 15.8. The monoisotopic (exact) mass is 604 g/mol. The number of carbonyl (C=O) groups excluding carboxylic acids is 1. The molecule has 0 radical (unpaired) electrons. The number of nitrogens with two attached hydrogens (primary N) is 1. The van der Waals surface area contributed by atoms with Gasteiger partial charge in [-0.2, -0.15) is 5.41 Å². The molecule has 1 aromatic rings. The Bertz CT molecular complexity index is 1120. The molecule has 1 amide bonds. The van der Waals surface area contributed by atoms with Gasteiger partial charge < -0.3 is 20.9 Å². The average Bonchev–Trinajstić information content (AvgIpc) is 3.21. The summed E-state index contributed by atoms with van der Waals surface area (Å²) >= 11 is 0. The summed E-state index contributed by atoms with van der Waals surface area (Å²) in [5, 5.41) is 21.0. The Kier molecular flexibility index (Phi) is 11.7.